The molecule has 1 unspecified atom stereocenters. The van der Waals surface area contributed by atoms with E-state index in [4.69, 9.17) is 23.2 Å². The zero-order chi connectivity index (χ0) is 16.9. The highest BCUT2D eigenvalue weighted by Crippen LogP contribution is 2.29. The summed E-state index contributed by atoms with van der Waals surface area (Å²) in [4.78, 5) is 11.1. The average molecular weight is 360 g/mol. The SMILES string of the molecule is O=CCC(Cn1cnnc1-c1ccccc1)c1ccc(Cl)c(Cl)c1. The van der Waals surface area contributed by atoms with Gasteiger partial charge in [-0.25, -0.2) is 0 Å². The monoisotopic (exact) mass is 359 g/mol. The van der Waals surface area contributed by atoms with Crippen LogP contribution in [0.4, 0.5) is 0 Å². The van der Waals surface area contributed by atoms with Crippen molar-refractivity contribution in [3.05, 3.63) is 70.5 Å². The first-order valence-corrected chi connectivity index (χ1v) is 8.26. The van der Waals surface area contributed by atoms with Crippen LogP contribution >= 0.6 is 23.2 Å². The second kappa shape index (κ2) is 7.60. The van der Waals surface area contributed by atoms with Crippen molar-refractivity contribution in [3.8, 4) is 11.4 Å². The molecule has 3 aromatic rings. The zero-order valence-electron chi connectivity index (χ0n) is 12.8. The van der Waals surface area contributed by atoms with Crippen molar-refractivity contribution in [1.82, 2.24) is 14.8 Å². The summed E-state index contributed by atoms with van der Waals surface area (Å²) in [6.07, 6.45) is 2.97. The van der Waals surface area contributed by atoms with Crippen LogP contribution in [0.3, 0.4) is 0 Å². The molecule has 4 nitrogen and oxygen atoms in total. The van der Waals surface area contributed by atoms with Gasteiger partial charge in [-0.2, -0.15) is 0 Å². The summed E-state index contributed by atoms with van der Waals surface area (Å²) in [5.74, 6) is 0.738. The van der Waals surface area contributed by atoms with Crippen molar-refractivity contribution >= 4 is 29.5 Å². The molecule has 1 heterocycles. The summed E-state index contributed by atoms with van der Waals surface area (Å²) in [5, 5.41) is 9.20. The van der Waals surface area contributed by atoms with E-state index in [1.54, 1.807) is 12.4 Å². The highest BCUT2D eigenvalue weighted by atomic mass is 35.5. The van der Waals surface area contributed by atoms with Crippen molar-refractivity contribution in [2.75, 3.05) is 0 Å². The number of aromatic nitrogens is 3. The van der Waals surface area contributed by atoms with Gasteiger partial charge in [-0.05, 0) is 17.7 Å². The molecule has 0 amide bonds. The van der Waals surface area contributed by atoms with Gasteiger partial charge in [0.25, 0.3) is 0 Å². The highest BCUT2D eigenvalue weighted by molar-refractivity contribution is 6.42. The number of hydrogen-bond acceptors (Lipinski definition) is 3. The van der Waals surface area contributed by atoms with Crippen LogP contribution in [0, 0.1) is 0 Å². The van der Waals surface area contributed by atoms with Gasteiger partial charge in [0.1, 0.15) is 12.6 Å². The number of aldehydes is 1. The number of rotatable bonds is 6. The second-order valence-corrected chi connectivity index (χ2v) is 6.26. The van der Waals surface area contributed by atoms with Gasteiger partial charge in [0, 0.05) is 24.4 Å². The Bertz CT molecular complexity index is 833. The lowest BCUT2D eigenvalue weighted by molar-refractivity contribution is -0.108. The number of carbonyl (C=O) groups is 1. The van der Waals surface area contributed by atoms with Gasteiger partial charge in [-0.1, -0.05) is 59.6 Å². The smallest absolute Gasteiger partial charge is 0.163 e. The Balaban J connectivity index is 1.91. The second-order valence-electron chi connectivity index (χ2n) is 5.45. The van der Waals surface area contributed by atoms with E-state index < -0.39 is 0 Å². The van der Waals surface area contributed by atoms with E-state index >= 15 is 0 Å². The molecule has 1 atom stereocenters. The minimum absolute atomic E-state index is 0.0317. The van der Waals surface area contributed by atoms with Crippen molar-refractivity contribution in [2.24, 2.45) is 0 Å². The lowest BCUT2D eigenvalue weighted by Crippen LogP contribution is -2.11. The molecule has 0 aliphatic rings. The molecule has 0 N–H and O–H groups in total. The lowest BCUT2D eigenvalue weighted by atomic mass is 9.96. The predicted molar refractivity (Wildman–Crippen MR) is 95.3 cm³/mol. The van der Waals surface area contributed by atoms with Crippen molar-refractivity contribution in [1.29, 1.82) is 0 Å². The van der Waals surface area contributed by atoms with Gasteiger partial charge < -0.3 is 9.36 Å². The maximum atomic E-state index is 11.1. The molecule has 2 aromatic carbocycles. The van der Waals surface area contributed by atoms with E-state index in [-0.39, 0.29) is 5.92 Å². The van der Waals surface area contributed by atoms with Crippen LogP contribution in [0.5, 0.6) is 0 Å². The van der Waals surface area contributed by atoms with Crippen LogP contribution in [0.25, 0.3) is 11.4 Å². The van der Waals surface area contributed by atoms with Gasteiger partial charge in [-0.3, -0.25) is 0 Å². The zero-order valence-corrected chi connectivity index (χ0v) is 14.3. The fraction of sp³-hybridized carbons (Fsp3) is 0.167. The summed E-state index contributed by atoms with van der Waals surface area (Å²) < 4.78 is 1.95. The summed E-state index contributed by atoms with van der Waals surface area (Å²) >= 11 is 12.1. The first kappa shape index (κ1) is 16.7. The van der Waals surface area contributed by atoms with E-state index in [0.717, 1.165) is 23.2 Å². The molecular formula is C18H15Cl2N3O. The Hall–Kier alpha value is -2.17. The summed E-state index contributed by atoms with van der Waals surface area (Å²) in [7, 11) is 0. The molecule has 0 saturated carbocycles. The van der Waals surface area contributed by atoms with Crippen LogP contribution < -0.4 is 0 Å². The molecule has 3 rings (SSSR count). The van der Waals surface area contributed by atoms with E-state index in [1.807, 2.05) is 47.0 Å². The summed E-state index contributed by atoms with van der Waals surface area (Å²) in [6, 6.07) is 15.3. The lowest BCUT2D eigenvalue weighted by Gasteiger charge is -2.17. The molecule has 0 aliphatic carbocycles. The molecular weight excluding hydrogens is 345 g/mol. The van der Waals surface area contributed by atoms with Crippen molar-refractivity contribution in [2.45, 2.75) is 18.9 Å². The Morgan fingerprint density at radius 1 is 1.08 bits per heavy atom. The number of nitrogens with zero attached hydrogens (tertiary/aromatic N) is 3. The van der Waals surface area contributed by atoms with E-state index in [0.29, 0.717) is 23.0 Å². The highest BCUT2D eigenvalue weighted by Gasteiger charge is 2.16. The number of carbonyl (C=O) groups excluding carboxylic acids is 1. The van der Waals surface area contributed by atoms with Gasteiger partial charge in [0.2, 0.25) is 0 Å². The normalized spacial score (nSPS) is 12.1. The third kappa shape index (κ3) is 3.66. The van der Waals surface area contributed by atoms with Crippen molar-refractivity contribution in [3.63, 3.8) is 0 Å². The summed E-state index contributed by atoms with van der Waals surface area (Å²) in [5.41, 5.74) is 1.94. The maximum absolute atomic E-state index is 11.1. The molecule has 0 aliphatic heterocycles. The van der Waals surface area contributed by atoms with Crippen molar-refractivity contribution < 1.29 is 4.79 Å². The minimum atomic E-state index is -0.0317. The van der Waals surface area contributed by atoms with Gasteiger partial charge in [0.05, 0.1) is 10.0 Å². The fourth-order valence-corrected chi connectivity index (χ4v) is 2.94. The minimum Gasteiger partial charge on any atom is -0.313 e. The molecule has 0 radical (unpaired) electrons. The standard InChI is InChI=1S/C18H15Cl2N3O/c19-16-7-6-14(10-17(16)20)15(8-9-24)11-23-12-21-22-18(23)13-4-2-1-3-5-13/h1-7,9-10,12,15H,8,11H2. The van der Waals surface area contributed by atoms with Crippen LogP contribution in [0.2, 0.25) is 10.0 Å². The molecule has 0 fully saturated rings. The molecule has 1 aromatic heterocycles. The van der Waals surface area contributed by atoms with Crippen LogP contribution in [-0.4, -0.2) is 21.1 Å². The maximum Gasteiger partial charge on any atom is 0.163 e. The van der Waals surface area contributed by atoms with Gasteiger partial charge in [-0.15, -0.1) is 10.2 Å². The van der Waals surface area contributed by atoms with E-state index in [9.17, 15) is 4.79 Å². The Morgan fingerprint density at radius 2 is 1.88 bits per heavy atom. The van der Waals surface area contributed by atoms with E-state index in [2.05, 4.69) is 10.2 Å². The number of hydrogen-bond donors (Lipinski definition) is 0. The predicted octanol–water partition coefficient (Wildman–Crippen LogP) is 4.62. The molecule has 122 valence electrons. The Kier molecular flexibility index (Phi) is 5.28. The third-order valence-electron chi connectivity index (χ3n) is 3.86. The first-order valence-electron chi connectivity index (χ1n) is 7.51. The Labute approximate surface area is 150 Å². The molecule has 0 spiro atoms. The van der Waals surface area contributed by atoms with Gasteiger partial charge >= 0.3 is 0 Å². The fourth-order valence-electron chi connectivity index (χ4n) is 2.64. The molecule has 6 heteroatoms. The average Bonchev–Trinajstić information content (AvgIpc) is 3.06. The Morgan fingerprint density at radius 3 is 2.58 bits per heavy atom. The molecule has 0 saturated heterocycles. The van der Waals surface area contributed by atoms with Gasteiger partial charge in [0.15, 0.2) is 5.82 Å². The molecule has 0 bridgehead atoms. The number of benzene rings is 2. The van der Waals surface area contributed by atoms with E-state index in [1.165, 1.54) is 0 Å². The molecule has 24 heavy (non-hydrogen) atoms. The van der Waals surface area contributed by atoms with Crippen LogP contribution in [-0.2, 0) is 11.3 Å². The van der Waals surface area contributed by atoms with Crippen LogP contribution in [0.1, 0.15) is 17.9 Å². The number of halogens is 2. The van der Waals surface area contributed by atoms with Crippen LogP contribution in [0.15, 0.2) is 54.9 Å². The first-order chi connectivity index (χ1) is 11.7. The quantitative estimate of drug-likeness (QED) is 0.603. The largest absolute Gasteiger partial charge is 0.313 e. The third-order valence-corrected chi connectivity index (χ3v) is 4.60. The summed E-state index contributed by atoms with van der Waals surface area (Å²) in [6.45, 7) is 0.577. The topological polar surface area (TPSA) is 47.8 Å².